The average molecular weight is 277 g/mol. The molecule has 0 saturated carbocycles. The van der Waals surface area contributed by atoms with Crippen molar-refractivity contribution >= 4 is 18.3 Å². The molecule has 0 aromatic heterocycles. The Morgan fingerprint density at radius 3 is 2.50 bits per heavy atom. The largest absolute Gasteiger partial charge is 0.342 e. The standard InChI is InChI=1S/C14H28N2O.ClH/c1-11(2)13-6-5-8-16(9-7-13)14(17)12(3)10-15-4;/h11-13,15H,5-10H2,1-4H3;1H. The SMILES string of the molecule is CNCC(C)C(=O)N1CCCC(C(C)C)CC1.Cl. The molecule has 1 N–H and O–H groups in total. The molecule has 1 rings (SSSR count). The first-order valence-corrected chi connectivity index (χ1v) is 6.99. The van der Waals surface area contributed by atoms with Crippen molar-refractivity contribution in [1.82, 2.24) is 10.2 Å². The Hall–Kier alpha value is -0.280. The van der Waals surface area contributed by atoms with E-state index in [2.05, 4.69) is 24.1 Å². The van der Waals surface area contributed by atoms with Crippen LogP contribution < -0.4 is 5.32 Å². The highest BCUT2D eigenvalue weighted by molar-refractivity contribution is 5.85. The Balaban J connectivity index is 0.00000289. The van der Waals surface area contributed by atoms with Gasteiger partial charge in [-0.3, -0.25) is 4.79 Å². The molecule has 0 bridgehead atoms. The minimum atomic E-state index is 0. The highest BCUT2D eigenvalue weighted by Crippen LogP contribution is 2.25. The first kappa shape index (κ1) is 17.7. The number of carbonyl (C=O) groups is 1. The minimum Gasteiger partial charge on any atom is -0.342 e. The lowest BCUT2D eigenvalue weighted by atomic mass is 9.89. The molecule has 18 heavy (non-hydrogen) atoms. The molecule has 2 atom stereocenters. The Morgan fingerprint density at radius 2 is 1.94 bits per heavy atom. The van der Waals surface area contributed by atoms with Crippen LogP contribution in [-0.4, -0.2) is 37.5 Å². The topological polar surface area (TPSA) is 32.3 Å². The number of nitrogens with zero attached hydrogens (tertiary/aromatic N) is 1. The summed E-state index contributed by atoms with van der Waals surface area (Å²) in [7, 11) is 1.90. The second-order valence-electron chi connectivity index (χ2n) is 5.72. The Morgan fingerprint density at radius 1 is 1.28 bits per heavy atom. The van der Waals surface area contributed by atoms with Gasteiger partial charge in [0.05, 0.1) is 0 Å². The van der Waals surface area contributed by atoms with Crippen LogP contribution in [0.1, 0.15) is 40.0 Å². The maximum atomic E-state index is 12.2. The quantitative estimate of drug-likeness (QED) is 0.856. The monoisotopic (exact) mass is 276 g/mol. The first-order valence-electron chi connectivity index (χ1n) is 6.99. The summed E-state index contributed by atoms with van der Waals surface area (Å²) in [6.45, 7) is 9.30. The highest BCUT2D eigenvalue weighted by Gasteiger charge is 2.24. The van der Waals surface area contributed by atoms with Gasteiger partial charge in [-0.1, -0.05) is 20.8 Å². The molecule has 1 fully saturated rings. The second-order valence-corrected chi connectivity index (χ2v) is 5.72. The van der Waals surface area contributed by atoms with Crippen LogP contribution in [0.25, 0.3) is 0 Å². The zero-order valence-corrected chi connectivity index (χ0v) is 13.1. The van der Waals surface area contributed by atoms with Crippen LogP contribution in [0.3, 0.4) is 0 Å². The van der Waals surface area contributed by atoms with E-state index in [4.69, 9.17) is 0 Å². The maximum absolute atomic E-state index is 12.2. The third-order valence-electron chi connectivity index (χ3n) is 3.96. The average Bonchev–Trinajstić information content (AvgIpc) is 2.53. The molecule has 1 heterocycles. The molecule has 0 aromatic rings. The summed E-state index contributed by atoms with van der Waals surface area (Å²) in [5, 5.41) is 3.08. The molecule has 1 saturated heterocycles. The zero-order valence-electron chi connectivity index (χ0n) is 12.2. The molecule has 108 valence electrons. The Labute approximate surface area is 118 Å². The van der Waals surface area contributed by atoms with Gasteiger partial charge in [-0.05, 0) is 38.1 Å². The zero-order chi connectivity index (χ0) is 12.8. The minimum absolute atomic E-state index is 0. The lowest BCUT2D eigenvalue weighted by molar-refractivity contribution is -0.134. The van der Waals surface area contributed by atoms with E-state index in [9.17, 15) is 4.79 Å². The summed E-state index contributed by atoms with van der Waals surface area (Å²) in [6, 6.07) is 0. The molecule has 3 nitrogen and oxygen atoms in total. The van der Waals surface area contributed by atoms with Gasteiger partial charge < -0.3 is 10.2 Å². The fourth-order valence-electron chi connectivity index (χ4n) is 2.71. The first-order chi connectivity index (χ1) is 8.06. The molecule has 1 amide bonds. The number of carbonyl (C=O) groups excluding carboxylic acids is 1. The maximum Gasteiger partial charge on any atom is 0.226 e. The van der Waals surface area contributed by atoms with Gasteiger partial charge in [0, 0.05) is 25.6 Å². The Bertz CT molecular complexity index is 246. The molecule has 0 aliphatic carbocycles. The molecule has 0 radical (unpaired) electrons. The van der Waals surface area contributed by atoms with Gasteiger partial charge in [0.25, 0.3) is 0 Å². The number of nitrogens with one attached hydrogen (secondary N) is 1. The number of hydrogen-bond donors (Lipinski definition) is 1. The molecule has 1 aliphatic heterocycles. The van der Waals surface area contributed by atoms with Crippen LogP contribution in [0.5, 0.6) is 0 Å². The van der Waals surface area contributed by atoms with E-state index in [1.165, 1.54) is 19.3 Å². The van der Waals surface area contributed by atoms with Crippen molar-refractivity contribution in [3.63, 3.8) is 0 Å². The van der Waals surface area contributed by atoms with E-state index in [-0.39, 0.29) is 18.3 Å². The normalized spacial score (nSPS) is 22.3. The molecule has 4 heteroatoms. The summed E-state index contributed by atoms with van der Waals surface area (Å²) in [6.07, 6.45) is 3.62. The van der Waals surface area contributed by atoms with Crippen molar-refractivity contribution in [3.8, 4) is 0 Å². The molecular formula is C14H29ClN2O. The van der Waals surface area contributed by atoms with Crippen molar-refractivity contribution in [2.45, 2.75) is 40.0 Å². The van der Waals surface area contributed by atoms with Crippen molar-refractivity contribution in [1.29, 1.82) is 0 Å². The van der Waals surface area contributed by atoms with E-state index in [1.54, 1.807) is 0 Å². The van der Waals surface area contributed by atoms with Crippen molar-refractivity contribution in [2.75, 3.05) is 26.7 Å². The predicted molar refractivity (Wildman–Crippen MR) is 79.1 cm³/mol. The highest BCUT2D eigenvalue weighted by atomic mass is 35.5. The van der Waals surface area contributed by atoms with Gasteiger partial charge in [0.2, 0.25) is 5.91 Å². The van der Waals surface area contributed by atoms with Crippen molar-refractivity contribution in [3.05, 3.63) is 0 Å². The van der Waals surface area contributed by atoms with E-state index in [0.717, 1.165) is 31.5 Å². The smallest absolute Gasteiger partial charge is 0.226 e. The van der Waals surface area contributed by atoms with Crippen LogP contribution >= 0.6 is 12.4 Å². The van der Waals surface area contributed by atoms with Gasteiger partial charge in [-0.15, -0.1) is 12.4 Å². The number of amides is 1. The summed E-state index contributed by atoms with van der Waals surface area (Å²) in [4.78, 5) is 14.3. The number of likely N-dealkylation sites (tertiary alicyclic amines) is 1. The summed E-state index contributed by atoms with van der Waals surface area (Å²) < 4.78 is 0. The second kappa shape index (κ2) is 8.76. The van der Waals surface area contributed by atoms with Gasteiger partial charge in [-0.2, -0.15) is 0 Å². The fraction of sp³-hybridized carbons (Fsp3) is 0.929. The summed E-state index contributed by atoms with van der Waals surface area (Å²) >= 11 is 0. The number of hydrogen-bond acceptors (Lipinski definition) is 2. The van der Waals surface area contributed by atoms with Crippen LogP contribution in [0.2, 0.25) is 0 Å². The van der Waals surface area contributed by atoms with Gasteiger partial charge in [0.1, 0.15) is 0 Å². The van der Waals surface area contributed by atoms with E-state index in [1.807, 2.05) is 14.0 Å². The van der Waals surface area contributed by atoms with Gasteiger partial charge in [0.15, 0.2) is 0 Å². The summed E-state index contributed by atoms with van der Waals surface area (Å²) in [5.41, 5.74) is 0. The van der Waals surface area contributed by atoms with Crippen molar-refractivity contribution in [2.24, 2.45) is 17.8 Å². The third-order valence-corrected chi connectivity index (χ3v) is 3.96. The fourth-order valence-corrected chi connectivity index (χ4v) is 2.71. The predicted octanol–water partition coefficient (Wildman–Crippen LogP) is 2.55. The molecule has 1 aliphatic rings. The van der Waals surface area contributed by atoms with E-state index < -0.39 is 0 Å². The van der Waals surface area contributed by atoms with Gasteiger partial charge in [-0.25, -0.2) is 0 Å². The van der Waals surface area contributed by atoms with Crippen molar-refractivity contribution < 1.29 is 4.79 Å². The van der Waals surface area contributed by atoms with Crippen LogP contribution in [0.15, 0.2) is 0 Å². The molecule has 0 aromatic carbocycles. The lowest BCUT2D eigenvalue weighted by Gasteiger charge is -2.24. The van der Waals surface area contributed by atoms with E-state index in [0.29, 0.717) is 5.91 Å². The molecular weight excluding hydrogens is 248 g/mol. The summed E-state index contributed by atoms with van der Waals surface area (Å²) in [5.74, 6) is 1.98. The molecule has 2 unspecified atom stereocenters. The number of rotatable bonds is 4. The van der Waals surface area contributed by atoms with Gasteiger partial charge >= 0.3 is 0 Å². The Kier molecular flexibility index (Phi) is 8.62. The van der Waals surface area contributed by atoms with Crippen LogP contribution in [0, 0.1) is 17.8 Å². The van der Waals surface area contributed by atoms with E-state index >= 15 is 0 Å². The number of halogens is 1. The molecule has 0 spiro atoms. The third kappa shape index (κ3) is 5.15. The van der Waals surface area contributed by atoms with Crippen LogP contribution in [0.4, 0.5) is 0 Å². The van der Waals surface area contributed by atoms with Crippen LogP contribution in [-0.2, 0) is 4.79 Å². The lowest BCUT2D eigenvalue weighted by Crippen LogP contribution is -2.39.